The quantitative estimate of drug-likeness (QED) is 0.0273. The highest BCUT2D eigenvalue weighted by Crippen LogP contribution is 2.49. The number of unbranched alkanes of at least 4 members (excludes halogenated alkanes) is 1. The number of benzene rings is 2. The molecule has 0 bridgehead atoms. The third-order valence-electron chi connectivity index (χ3n) is 11.7. The van der Waals surface area contributed by atoms with E-state index in [2.05, 4.69) is 123 Å². The van der Waals surface area contributed by atoms with Gasteiger partial charge in [-0.15, -0.1) is 0 Å². The van der Waals surface area contributed by atoms with Gasteiger partial charge < -0.3 is 27.4 Å². The van der Waals surface area contributed by atoms with E-state index in [4.69, 9.17) is 22.6 Å². The van der Waals surface area contributed by atoms with Gasteiger partial charge in [-0.1, -0.05) is 135 Å². The molecule has 3 rings (SSSR count). The lowest BCUT2D eigenvalue weighted by Crippen LogP contribution is -2.68. The summed E-state index contributed by atoms with van der Waals surface area (Å²) in [5, 5.41) is 2.04. The maximum absolute atomic E-state index is 13.5. The molecule has 1 aliphatic rings. The Kier molecular flexibility index (Phi) is 18.7. The zero-order chi connectivity index (χ0) is 41.7. The second-order valence-electron chi connectivity index (χ2n) is 17.5. The van der Waals surface area contributed by atoms with Gasteiger partial charge in [0.15, 0.2) is 0 Å². The summed E-state index contributed by atoms with van der Waals surface area (Å²) in [5.41, 5.74) is 1.35. The molecule has 5 atom stereocenters. The van der Waals surface area contributed by atoms with Gasteiger partial charge in [-0.3, -0.25) is 9.36 Å². The highest BCUT2D eigenvalue weighted by molar-refractivity contribution is 7.54. The Morgan fingerprint density at radius 1 is 0.839 bits per heavy atom. The summed E-state index contributed by atoms with van der Waals surface area (Å²) in [6, 6.07) is 21.1. The summed E-state index contributed by atoms with van der Waals surface area (Å²) in [6.45, 7) is 26.4. The van der Waals surface area contributed by atoms with Gasteiger partial charge in [0.25, 0.3) is 8.32 Å². The summed E-state index contributed by atoms with van der Waals surface area (Å²) < 4.78 is 43.9. The van der Waals surface area contributed by atoms with Crippen LogP contribution in [0.3, 0.4) is 0 Å². The summed E-state index contributed by atoms with van der Waals surface area (Å²) in [7, 11) is -8.72. The fourth-order valence-electron chi connectivity index (χ4n) is 9.35. The van der Waals surface area contributed by atoms with Crippen LogP contribution < -0.4 is 10.4 Å². The Hall–Kier alpha value is -2.18. The van der Waals surface area contributed by atoms with Crippen LogP contribution in [-0.2, 0) is 36.8 Å². The van der Waals surface area contributed by atoms with Crippen molar-refractivity contribution in [2.45, 2.75) is 155 Å². The van der Waals surface area contributed by atoms with Crippen LogP contribution in [0.2, 0.25) is 21.7 Å². The van der Waals surface area contributed by atoms with Crippen LogP contribution in [-0.4, -0.2) is 66.6 Å². The first-order valence-corrected chi connectivity index (χ1v) is 26.8. The van der Waals surface area contributed by atoms with Crippen molar-refractivity contribution in [3.8, 4) is 0 Å². The highest BCUT2D eigenvalue weighted by Gasteiger charge is 2.54. The third-order valence-corrected chi connectivity index (χ3v) is 24.8. The fraction of sp³-hybridized carbons (Fsp3) is 0.644. The number of carbonyl (C=O) groups excluding carboxylic acids is 2. The van der Waals surface area contributed by atoms with Gasteiger partial charge >= 0.3 is 13.6 Å². The zero-order valence-electron chi connectivity index (χ0n) is 36.5. The van der Waals surface area contributed by atoms with Crippen molar-refractivity contribution in [1.82, 2.24) is 0 Å². The van der Waals surface area contributed by atoms with Crippen molar-refractivity contribution in [1.29, 1.82) is 0 Å². The average Bonchev–Trinajstić information content (AvgIpc) is 3.52. The van der Waals surface area contributed by atoms with Crippen LogP contribution in [0.4, 0.5) is 0 Å². The molecule has 2 aromatic carbocycles. The number of hydrogen-bond donors (Lipinski definition) is 0. The molecule has 314 valence electrons. The summed E-state index contributed by atoms with van der Waals surface area (Å²) >= 11 is 0. The molecule has 0 spiro atoms. The number of ether oxygens (including phenoxy) is 1. The van der Waals surface area contributed by atoms with Crippen LogP contribution >= 0.6 is 7.60 Å². The van der Waals surface area contributed by atoms with Crippen LogP contribution in [0.1, 0.15) is 115 Å². The van der Waals surface area contributed by atoms with E-state index in [-0.39, 0.29) is 42.3 Å². The molecule has 2 aromatic rings. The number of esters is 1. The maximum Gasteiger partial charge on any atom is 0.341 e. The van der Waals surface area contributed by atoms with Crippen LogP contribution in [0, 0.1) is 11.8 Å². The maximum atomic E-state index is 13.5. The minimum absolute atomic E-state index is 0.0301. The molecular formula is C45H73O8PSi2. The molecule has 1 saturated carbocycles. The molecule has 0 saturated heterocycles. The van der Waals surface area contributed by atoms with E-state index < -0.39 is 42.5 Å². The predicted octanol–water partition coefficient (Wildman–Crippen LogP) is 10.6. The van der Waals surface area contributed by atoms with Crippen molar-refractivity contribution in [3.05, 3.63) is 72.8 Å². The molecular weight excluding hydrogens is 756 g/mol. The lowest BCUT2D eigenvalue weighted by molar-refractivity contribution is -0.145. The smallest absolute Gasteiger partial charge is 0.341 e. The standard InChI is InChI=1S/C45H73O8PSi2/c1-13-49-54(48,50-14-2)33-44(47)51-37(9)24-18-15-19-25-38-30-39(52-55(34(3)4,35(5)6)36(7)8)31-42(38)43(32-46)53-56(45(10,11)12,40-26-20-16-21-27-40)41-28-22-17-23-29-41/h16-17,19-23,25-29,32,34-39,42-43H,13-15,18,24,30-31,33H2,1-12H3/b25-19+/t37-,38+,39+,42+,43-/m0/s1. The van der Waals surface area contributed by atoms with E-state index in [1.54, 1.807) is 13.8 Å². The molecule has 0 radical (unpaired) electrons. The van der Waals surface area contributed by atoms with Gasteiger partial charge in [-0.2, -0.15) is 0 Å². The normalized spacial score (nSPS) is 19.6. The van der Waals surface area contributed by atoms with Gasteiger partial charge in [-0.05, 0) is 96.7 Å². The summed E-state index contributed by atoms with van der Waals surface area (Å²) in [4.78, 5) is 26.1. The number of hydrogen-bond acceptors (Lipinski definition) is 8. The highest BCUT2D eigenvalue weighted by atomic mass is 31.2. The van der Waals surface area contributed by atoms with E-state index in [0.717, 1.165) is 42.3 Å². The molecule has 11 heteroatoms. The fourth-order valence-corrected chi connectivity index (χ4v) is 21.0. The first-order chi connectivity index (χ1) is 26.4. The van der Waals surface area contributed by atoms with Gasteiger partial charge in [0, 0.05) is 6.10 Å². The largest absolute Gasteiger partial charge is 0.462 e. The number of carbonyl (C=O) groups is 2. The van der Waals surface area contributed by atoms with E-state index in [1.165, 1.54) is 0 Å². The zero-order valence-corrected chi connectivity index (χ0v) is 39.4. The van der Waals surface area contributed by atoms with Crippen molar-refractivity contribution < 1.29 is 36.8 Å². The van der Waals surface area contributed by atoms with Crippen molar-refractivity contribution in [2.75, 3.05) is 19.4 Å². The number of aldehydes is 1. The molecule has 56 heavy (non-hydrogen) atoms. The molecule has 0 unspecified atom stereocenters. The molecule has 1 fully saturated rings. The Balaban J connectivity index is 1.91. The van der Waals surface area contributed by atoms with Crippen molar-refractivity contribution in [3.63, 3.8) is 0 Å². The van der Waals surface area contributed by atoms with Crippen LogP contribution in [0.5, 0.6) is 0 Å². The third kappa shape index (κ3) is 12.0. The molecule has 0 heterocycles. The molecule has 0 aromatic heterocycles. The van der Waals surface area contributed by atoms with Crippen molar-refractivity contribution >= 4 is 46.9 Å². The first-order valence-electron chi connectivity index (χ1n) is 21.1. The van der Waals surface area contributed by atoms with Gasteiger partial charge in [0.05, 0.1) is 19.3 Å². The molecule has 0 aliphatic heterocycles. The predicted molar refractivity (Wildman–Crippen MR) is 235 cm³/mol. The summed E-state index contributed by atoms with van der Waals surface area (Å²) in [6.07, 6.45) is 8.09. The van der Waals surface area contributed by atoms with Crippen LogP contribution in [0.15, 0.2) is 72.8 Å². The second kappa shape index (κ2) is 21.7. The summed E-state index contributed by atoms with van der Waals surface area (Å²) in [5.74, 6) is -0.546. The Morgan fingerprint density at radius 2 is 1.36 bits per heavy atom. The molecule has 0 N–H and O–H groups in total. The monoisotopic (exact) mass is 828 g/mol. The SMILES string of the molecule is CCOP(=O)(CC(=O)O[C@@H](C)CCC/C=C/[C@@H]1C[C@@H](O[Si](C(C)C)(C(C)C)C(C)C)C[C@H]1[C@H](C=O)O[Si](c1ccccc1)(c1ccccc1)C(C)(C)C)OCC. The molecule has 1 aliphatic carbocycles. The van der Waals surface area contributed by atoms with Gasteiger partial charge in [0.2, 0.25) is 8.32 Å². The Bertz CT molecular complexity index is 1490. The van der Waals surface area contributed by atoms with Gasteiger partial charge in [-0.25, -0.2) is 0 Å². The topological polar surface area (TPSA) is 97.4 Å². The van der Waals surface area contributed by atoms with Crippen LogP contribution in [0.25, 0.3) is 0 Å². The molecule has 0 amide bonds. The van der Waals surface area contributed by atoms with E-state index in [0.29, 0.717) is 23.0 Å². The first kappa shape index (κ1) is 48.2. The lowest BCUT2D eigenvalue weighted by Gasteiger charge is -2.45. The van der Waals surface area contributed by atoms with Crippen molar-refractivity contribution in [2.24, 2.45) is 11.8 Å². The van der Waals surface area contributed by atoms with Gasteiger partial charge in [0.1, 0.15) is 18.6 Å². The Labute approximate surface area is 341 Å². The minimum atomic E-state index is -3.52. The number of allylic oxidation sites excluding steroid dienone is 2. The second-order valence-corrected chi connectivity index (χ2v) is 29.2. The number of rotatable bonds is 23. The molecule has 8 nitrogen and oxygen atoms in total. The van der Waals surface area contributed by atoms with E-state index in [9.17, 15) is 14.2 Å². The average molecular weight is 829 g/mol. The lowest BCUT2D eigenvalue weighted by atomic mass is 9.90. The van der Waals surface area contributed by atoms with E-state index in [1.807, 2.05) is 19.1 Å². The van der Waals surface area contributed by atoms with E-state index >= 15 is 0 Å². The Morgan fingerprint density at radius 3 is 1.80 bits per heavy atom. The minimum Gasteiger partial charge on any atom is -0.462 e.